The Labute approximate surface area is 111 Å². The van der Waals surface area contributed by atoms with E-state index in [-0.39, 0.29) is 23.8 Å². The van der Waals surface area contributed by atoms with Gasteiger partial charge in [0.25, 0.3) is 0 Å². The van der Waals surface area contributed by atoms with Gasteiger partial charge in [0.05, 0.1) is 17.9 Å². The molecule has 0 bridgehead atoms. The zero-order valence-electron chi connectivity index (χ0n) is 10.6. The molecule has 6 heteroatoms. The van der Waals surface area contributed by atoms with Crippen LogP contribution in [0.25, 0.3) is 0 Å². The lowest BCUT2D eigenvalue weighted by Crippen LogP contribution is -2.52. The Morgan fingerprint density at radius 1 is 1.56 bits per heavy atom. The van der Waals surface area contributed by atoms with E-state index in [1.54, 1.807) is 16.7 Å². The van der Waals surface area contributed by atoms with E-state index >= 15 is 0 Å². The van der Waals surface area contributed by atoms with Crippen molar-refractivity contribution >= 4 is 23.6 Å². The molecule has 0 spiro atoms. The molecule has 0 aromatic carbocycles. The van der Waals surface area contributed by atoms with Crippen LogP contribution in [0.15, 0.2) is 0 Å². The Morgan fingerprint density at radius 3 is 2.94 bits per heavy atom. The van der Waals surface area contributed by atoms with Gasteiger partial charge in [0, 0.05) is 24.6 Å². The highest BCUT2D eigenvalue weighted by molar-refractivity contribution is 7.99. The molecule has 2 atom stereocenters. The standard InChI is InChI=1S/C12H20N2O3S/c1-12(2-3-13-8-12)11(17)14-4-5-18-7-9(14)6-10(15)16/h9,13H,2-8H2,1H3,(H,15,16). The van der Waals surface area contributed by atoms with Gasteiger partial charge in [-0.2, -0.15) is 11.8 Å². The molecule has 0 aliphatic carbocycles. The number of nitrogens with zero attached hydrogens (tertiary/aromatic N) is 1. The van der Waals surface area contributed by atoms with E-state index in [1.807, 2.05) is 6.92 Å². The number of rotatable bonds is 3. The number of carbonyl (C=O) groups is 2. The smallest absolute Gasteiger partial charge is 0.305 e. The van der Waals surface area contributed by atoms with E-state index in [0.717, 1.165) is 24.5 Å². The lowest BCUT2D eigenvalue weighted by molar-refractivity contribution is -0.145. The Morgan fingerprint density at radius 2 is 2.33 bits per heavy atom. The van der Waals surface area contributed by atoms with Crippen molar-refractivity contribution < 1.29 is 14.7 Å². The number of nitrogens with one attached hydrogen (secondary N) is 1. The second-order valence-electron chi connectivity index (χ2n) is 5.31. The highest BCUT2D eigenvalue weighted by Crippen LogP contribution is 2.30. The third-order valence-electron chi connectivity index (χ3n) is 3.78. The van der Waals surface area contributed by atoms with E-state index in [4.69, 9.17) is 5.11 Å². The third kappa shape index (κ3) is 2.80. The molecule has 2 unspecified atom stereocenters. The SMILES string of the molecule is CC1(C(=O)N2CCSCC2CC(=O)O)CCNC1. The van der Waals surface area contributed by atoms with Crippen LogP contribution in [0.3, 0.4) is 0 Å². The summed E-state index contributed by atoms with van der Waals surface area (Å²) in [6.45, 7) is 4.23. The van der Waals surface area contributed by atoms with Crippen LogP contribution in [0.4, 0.5) is 0 Å². The number of thioether (sulfide) groups is 1. The van der Waals surface area contributed by atoms with E-state index in [2.05, 4.69) is 5.32 Å². The molecule has 18 heavy (non-hydrogen) atoms. The first-order valence-corrected chi connectivity index (χ1v) is 7.50. The van der Waals surface area contributed by atoms with Crippen LogP contribution in [0.2, 0.25) is 0 Å². The Balaban J connectivity index is 2.08. The number of carboxylic acid groups (broad SMARTS) is 1. The van der Waals surface area contributed by atoms with Gasteiger partial charge in [0.1, 0.15) is 0 Å². The fourth-order valence-corrected chi connectivity index (χ4v) is 3.70. The Bertz CT molecular complexity index is 342. The van der Waals surface area contributed by atoms with Crippen molar-refractivity contribution in [2.24, 2.45) is 5.41 Å². The van der Waals surface area contributed by atoms with Gasteiger partial charge in [-0.05, 0) is 19.9 Å². The van der Waals surface area contributed by atoms with Gasteiger partial charge in [-0.1, -0.05) is 0 Å². The molecule has 0 aromatic heterocycles. The Hall–Kier alpha value is -0.750. The highest BCUT2D eigenvalue weighted by Gasteiger charge is 2.42. The first-order chi connectivity index (χ1) is 8.53. The first-order valence-electron chi connectivity index (χ1n) is 6.34. The number of hydrogen-bond donors (Lipinski definition) is 2. The summed E-state index contributed by atoms with van der Waals surface area (Å²) in [5.74, 6) is 0.946. The van der Waals surface area contributed by atoms with Crippen molar-refractivity contribution in [3.8, 4) is 0 Å². The van der Waals surface area contributed by atoms with Crippen LogP contribution in [-0.2, 0) is 9.59 Å². The molecule has 2 aliphatic heterocycles. The normalized spacial score (nSPS) is 32.5. The fourth-order valence-electron chi connectivity index (χ4n) is 2.64. The number of carboxylic acids is 1. The van der Waals surface area contributed by atoms with Crippen molar-refractivity contribution in [3.05, 3.63) is 0 Å². The van der Waals surface area contributed by atoms with Gasteiger partial charge >= 0.3 is 5.97 Å². The summed E-state index contributed by atoms with van der Waals surface area (Å²) < 4.78 is 0. The zero-order chi connectivity index (χ0) is 13.2. The minimum absolute atomic E-state index is 0.0578. The van der Waals surface area contributed by atoms with E-state index < -0.39 is 5.97 Å². The van der Waals surface area contributed by atoms with Crippen molar-refractivity contribution in [1.29, 1.82) is 0 Å². The van der Waals surface area contributed by atoms with Gasteiger partial charge in [0.15, 0.2) is 0 Å². The van der Waals surface area contributed by atoms with Crippen molar-refractivity contribution in [1.82, 2.24) is 10.2 Å². The van der Waals surface area contributed by atoms with E-state index in [1.165, 1.54) is 0 Å². The molecule has 2 aliphatic rings. The molecule has 5 nitrogen and oxygen atoms in total. The number of carbonyl (C=O) groups excluding carboxylic acids is 1. The number of aliphatic carboxylic acids is 1. The maximum Gasteiger partial charge on any atom is 0.305 e. The van der Waals surface area contributed by atoms with E-state index in [0.29, 0.717) is 13.1 Å². The summed E-state index contributed by atoms with van der Waals surface area (Å²) in [7, 11) is 0. The minimum atomic E-state index is -0.824. The molecule has 2 rings (SSSR count). The second kappa shape index (κ2) is 5.48. The van der Waals surface area contributed by atoms with Crippen molar-refractivity contribution in [2.45, 2.75) is 25.8 Å². The molecule has 1 amide bonds. The predicted molar refractivity (Wildman–Crippen MR) is 70.7 cm³/mol. The molecule has 0 aromatic rings. The van der Waals surface area contributed by atoms with Crippen LogP contribution in [0, 0.1) is 5.41 Å². The summed E-state index contributed by atoms with van der Waals surface area (Å²) in [5.41, 5.74) is -0.348. The quantitative estimate of drug-likeness (QED) is 0.778. The average molecular weight is 272 g/mol. The molecule has 0 saturated carbocycles. The number of amides is 1. The Kier molecular flexibility index (Phi) is 4.17. The second-order valence-corrected chi connectivity index (χ2v) is 6.46. The molecule has 2 heterocycles. The first kappa shape index (κ1) is 13.7. The predicted octanol–water partition coefficient (Wildman–Crippen LogP) is 0.405. The van der Waals surface area contributed by atoms with E-state index in [9.17, 15) is 9.59 Å². The molecular weight excluding hydrogens is 252 g/mol. The summed E-state index contributed by atoms with van der Waals surface area (Å²) >= 11 is 1.73. The van der Waals surface area contributed by atoms with Gasteiger partial charge in [-0.25, -0.2) is 0 Å². The average Bonchev–Trinajstić information content (AvgIpc) is 2.76. The molecule has 2 fully saturated rings. The van der Waals surface area contributed by atoms with Crippen LogP contribution >= 0.6 is 11.8 Å². The topological polar surface area (TPSA) is 69.6 Å². The lowest BCUT2D eigenvalue weighted by atomic mass is 9.87. The fraction of sp³-hybridized carbons (Fsp3) is 0.833. The van der Waals surface area contributed by atoms with Crippen molar-refractivity contribution in [2.75, 3.05) is 31.1 Å². The minimum Gasteiger partial charge on any atom is -0.481 e. The van der Waals surface area contributed by atoms with Crippen molar-refractivity contribution in [3.63, 3.8) is 0 Å². The molecule has 102 valence electrons. The molecule has 2 saturated heterocycles. The van der Waals surface area contributed by atoms with Gasteiger partial charge in [0.2, 0.25) is 5.91 Å². The van der Waals surface area contributed by atoms with Gasteiger partial charge in [-0.15, -0.1) is 0 Å². The summed E-state index contributed by atoms with van der Waals surface area (Å²) in [5, 5.41) is 12.2. The largest absolute Gasteiger partial charge is 0.481 e. The lowest BCUT2D eigenvalue weighted by Gasteiger charge is -2.39. The number of hydrogen-bond acceptors (Lipinski definition) is 4. The third-order valence-corrected chi connectivity index (χ3v) is 4.88. The van der Waals surface area contributed by atoms with Crippen LogP contribution in [0.1, 0.15) is 19.8 Å². The molecular formula is C12H20N2O3S. The summed E-state index contributed by atoms with van der Waals surface area (Å²) in [6.07, 6.45) is 0.900. The zero-order valence-corrected chi connectivity index (χ0v) is 11.5. The van der Waals surface area contributed by atoms with Gasteiger partial charge in [-0.3, -0.25) is 9.59 Å². The molecule has 2 N–H and O–H groups in total. The monoisotopic (exact) mass is 272 g/mol. The maximum atomic E-state index is 12.6. The highest BCUT2D eigenvalue weighted by atomic mass is 32.2. The van der Waals surface area contributed by atoms with Gasteiger partial charge < -0.3 is 15.3 Å². The molecule has 0 radical (unpaired) electrons. The van der Waals surface area contributed by atoms with Crippen LogP contribution in [0.5, 0.6) is 0 Å². The maximum absolute atomic E-state index is 12.6. The van der Waals surface area contributed by atoms with Crippen LogP contribution < -0.4 is 5.32 Å². The summed E-state index contributed by atoms with van der Waals surface area (Å²) in [6, 6.07) is -0.147. The summed E-state index contributed by atoms with van der Waals surface area (Å²) in [4.78, 5) is 25.3. The van der Waals surface area contributed by atoms with Crippen LogP contribution in [-0.4, -0.2) is 59.1 Å².